The van der Waals surface area contributed by atoms with E-state index in [4.69, 9.17) is 0 Å². The van der Waals surface area contributed by atoms with Crippen LogP contribution in [0.2, 0.25) is 0 Å². The first-order valence-electron chi connectivity index (χ1n) is 5.21. The zero-order valence-electron chi connectivity index (χ0n) is 9.88. The van der Waals surface area contributed by atoms with Crippen molar-refractivity contribution in [3.05, 3.63) is 33.8 Å². The van der Waals surface area contributed by atoms with Crippen LogP contribution in [0.3, 0.4) is 0 Å². The normalized spacial score (nSPS) is 11.2. The third-order valence-corrected chi connectivity index (χ3v) is 2.87. The molecule has 7 heteroatoms. The van der Waals surface area contributed by atoms with Crippen LogP contribution in [0, 0.1) is 0 Å². The molecule has 0 spiro atoms. The van der Waals surface area contributed by atoms with E-state index in [1.54, 1.807) is 0 Å². The van der Waals surface area contributed by atoms with E-state index < -0.39 is 30.1 Å². The molecule has 0 saturated carbocycles. The fourth-order valence-electron chi connectivity index (χ4n) is 1.36. The van der Waals surface area contributed by atoms with Crippen molar-refractivity contribution in [3.63, 3.8) is 0 Å². The molecule has 1 rings (SSSR count). The van der Waals surface area contributed by atoms with Gasteiger partial charge >= 0.3 is 12.1 Å². The number of alkyl halides is 3. The van der Waals surface area contributed by atoms with Crippen molar-refractivity contribution in [2.45, 2.75) is 19.5 Å². The van der Waals surface area contributed by atoms with Crippen LogP contribution in [0.5, 0.6) is 0 Å². The van der Waals surface area contributed by atoms with Gasteiger partial charge in [-0.3, -0.25) is 9.59 Å². The number of rotatable bonds is 4. The summed E-state index contributed by atoms with van der Waals surface area (Å²) < 4.78 is 42.3. The number of ether oxygens (including phenoxy) is 1. The Morgan fingerprint density at radius 1 is 1.32 bits per heavy atom. The minimum Gasteiger partial charge on any atom is -0.458 e. The smallest absolute Gasteiger partial charge is 0.417 e. The Morgan fingerprint density at radius 2 is 1.95 bits per heavy atom. The average molecular weight is 339 g/mol. The van der Waals surface area contributed by atoms with Gasteiger partial charge in [-0.05, 0) is 17.7 Å². The van der Waals surface area contributed by atoms with Crippen molar-refractivity contribution in [1.82, 2.24) is 0 Å². The van der Waals surface area contributed by atoms with Gasteiger partial charge in [0.2, 0.25) is 0 Å². The van der Waals surface area contributed by atoms with Crippen molar-refractivity contribution in [1.29, 1.82) is 0 Å². The van der Waals surface area contributed by atoms with Crippen LogP contribution < -0.4 is 0 Å². The Morgan fingerprint density at radius 3 is 2.47 bits per heavy atom. The highest BCUT2D eigenvalue weighted by molar-refractivity contribution is 9.10. The van der Waals surface area contributed by atoms with E-state index in [0.717, 1.165) is 13.0 Å². The zero-order chi connectivity index (χ0) is 14.6. The maximum absolute atomic E-state index is 12.6. The maximum atomic E-state index is 12.6. The van der Waals surface area contributed by atoms with Gasteiger partial charge in [-0.1, -0.05) is 22.0 Å². The number of benzene rings is 1. The van der Waals surface area contributed by atoms with Crippen LogP contribution in [0.15, 0.2) is 22.7 Å². The molecule has 0 amide bonds. The molecule has 0 unspecified atom stereocenters. The van der Waals surface area contributed by atoms with Gasteiger partial charge in [0, 0.05) is 17.8 Å². The molecule has 0 saturated heterocycles. The quantitative estimate of drug-likeness (QED) is 0.792. The molecule has 0 fully saturated rings. The maximum Gasteiger partial charge on any atom is 0.417 e. The van der Waals surface area contributed by atoms with Crippen LogP contribution in [0.25, 0.3) is 0 Å². The fourth-order valence-corrected chi connectivity index (χ4v) is 1.83. The van der Waals surface area contributed by atoms with Gasteiger partial charge in [0.1, 0.15) is 6.61 Å². The number of carbonyl (C=O) groups is 2. The number of hydrogen-bond donors (Lipinski definition) is 0. The van der Waals surface area contributed by atoms with Crippen LogP contribution in [-0.4, -0.2) is 18.4 Å². The number of Topliss-reactive ketones (excluding diaryl/α,β-unsaturated/α-hetero) is 1. The summed E-state index contributed by atoms with van der Waals surface area (Å²) in [5, 5.41) is 0. The standard InChI is InChI=1S/C12H10BrF3O3/c1-7(17)19-6-9(18)4-8-2-3-11(13)10(5-8)12(14,15)16/h2-3,5H,4,6H2,1H3. The van der Waals surface area contributed by atoms with E-state index in [2.05, 4.69) is 20.7 Å². The molecule has 104 valence electrons. The lowest BCUT2D eigenvalue weighted by Gasteiger charge is -2.10. The van der Waals surface area contributed by atoms with Gasteiger partial charge in [0.15, 0.2) is 5.78 Å². The molecule has 3 nitrogen and oxygen atoms in total. The molecule has 0 radical (unpaired) electrons. The molecule has 0 aromatic heterocycles. The topological polar surface area (TPSA) is 43.4 Å². The third kappa shape index (κ3) is 5.02. The van der Waals surface area contributed by atoms with Crippen LogP contribution >= 0.6 is 15.9 Å². The number of carbonyl (C=O) groups excluding carboxylic acids is 2. The monoisotopic (exact) mass is 338 g/mol. The van der Waals surface area contributed by atoms with Crippen LogP contribution in [0.1, 0.15) is 18.1 Å². The average Bonchev–Trinajstić information content (AvgIpc) is 2.27. The summed E-state index contributed by atoms with van der Waals surface area (Å²) in [6, 6.07) is 3.54. The van der Waals surface area contributed by atoms with Gasteiger partial charge in [0.05, 0.1) is 5.56 Å². The molecule has 19 heavy (non-hydrogen) atoms. The molecule has 0 N–H and O–H groups in total. The predicted octanol–water partition coefficient (Wildman–Crippen LogP) is 3.14. The number of ketones is 1. The van der Waals surface area contributed by atoms with Gasteiger partial charge in [-0.25, -0.2) is 0 Å². The van der Waals surface area contributed by atoms with Crippen molar-refractivity contribution in [3.8, 4) is 0 Å². The molecule has 1 aromatic rings. The lowest BCUT2D eigenvalue weighted by atomic mass is 10.1. The Labute approximate surface area is 115 Å². The fraction of sp³-hybridized carbons (Fsp3) is 0.333. The summed E-state index contributed by atoms with van der Waals surface area (Å²) in [5.41, 5.74) is -0.627. The summed E-state index contributed by atoms with van der Waals surface area (Å²) in [5.74, 6) is -1.08. The molecular weight excluding hydrogens is 329 g/mol. The van der Waals surface area contributed by atoms with Crippen LogP contribution in [0.4, 0.5) is 13.2 Å². The lowest BCUT2D eigenvalue weighted by molar-refractivity contribution is -0.145. The Balaban J connectivity index is 2.80. The molecule has 1 aromatic carbocycles. The molecule has 0 aliphatic rings. The summed E-state index contributed by atoms with van der Waals surface area (Å²) in [7, 11) is 0. The van der Waals surface area contributed by atoms with E-state index in [-0.39, 0.29) is 16.5 Å². The van der Waals surface area contributed by atoms with Gasteiger partial charge in [0.25, 0.3) is 0 Å². The first-order valence-corrected chi connectivity index (χ1v) is 6.00. The molecular formula is C12H10BrF3O3. The molecule has 0 atom stereocenters. The minimum absolute atomic E-state index is 0.0869. The predicted molar refractivity (Wildman–Crippen MR) is 64.5 cm³/mol. The highest BCUT2D eigenvalue weighted by Gasteiger charge is 2.33. The first kappa shape index (κ1) is 15.7. The summed E-state index contributed by atoms with van der Waals surface area (Å²) in [6.45, 7) is 0.710. The summed E-state index contributed by atoms with van der Waals surface area (Å²) in [4.78, 5) is 21.9. The van der Waals surface area contributed by atoms with E-state index in [0.29, 0.717) is 0 Å². The van der Waals surface area contributed by atoms with Gasteiger partial charge in [-0.15, -0.1) is 0 Å². The SMILES string of the molecule is CC(=O)OCC(=O)Cc1ccc(Br)c(C(F)(F)F)c1. The number of halogens is 4. The Bertz CT molecular complexity index is 497. The molecule has 0 heterocycles. The number of hydrogen-bond acceptors (Lipinski definition) is 3. The molecule has 0 aliphatic carbocycles. The first-order chi connectivity index (χ1) is 8.70. The summed E-state index contributed by atoms with van der Waals surface area (Å²) >= 11 is 2.81. The lowest BCUT2D eigenvalue weighted by Crippen LogP contribution is -2.14. The van der Waals surface area contributed by atoms with E-state index >= 15 is 0 Å². The van der Waals surface area contributed by atoms with Crippen molar-refractivity contribution >= 4 is 27.7 Å². The van der Waals surface area contributed by atoms with Crippen molar-refractivity contribution in [2.24, 2.45) is 0 Å². The second kappa shape index (κ2) is 6.18. The largest absolute Gasteiger partial charge is 0.458 e. The molecule has 0 bridgehead atoms. The zero-order valence-corrected chi connectivity index (χ0v) is 11.5. The van der Waals surface area contributed by atoms with Gasteiger partial charge in [-0.2, -0.15) is 13.2 Å². The van der Waals surface area contributed by atoms with Crippen LogP contribution in [-0.2, 0) is 26.9 Å². The third-order valence-electron chi connectivity index (χ3n) is 2.17. The van der Waals surface area contributed by atoms with Gasteiger partial charge < -0.3 is 4.74 Å². The van der Waals surface area contributed by atoms with E-state index in [9.17, 15) is 22.8 Å². The highest BCUT2D eigenvalue weighted by atomic mass is 79.9. The minimum atomic E-state index is -4.49. The van der Waals surface area contributed by atoms with E-state index in [1.165, 1.54) is 12.1 Å². The Hall–Kier alpha value is -1.37. The van der Waals surface area contributed by atoms with Crippen molar-refractivity contribution < 1.29 is 27.5 Å². The highest BCUT2D eigenvalue weighted by Crippen LogP contribution is 2.35. The number of esters is 1. The molecule has 0 aliphatic heterocycles. The second-order valence-corrected chi connectivity index (χ2v) is 4.66. The van der Waals surface area contributed by atoms with E-state index in [1.807, 2.05) is 0 Å². The van der Waals surface area contributed by atoms with Crippen molar-refractivity contribution in [2.75, 3.05) is 6.61 Å². The summed E-state index contributed by atoms with van der Waals surface area (Å²) in [6.07, 6.45) is -4.71. The second-order valence-electron chi connectivity index (χ2n) is 3.81. The Kier molecular flexibility index (Phi) is 5.11.